The number of amides is 2. The highest BCUT2D eigenvalue weighted by Gasteiger charge is 2.63. The number of pyridine rings is 1. The molecule has 2 rings (SSSR count). The fourth-order valence-corrected chi connectivity index (χ4v) is 5.92. The Labute approximate surface area is 293 Å². The number of rotatable bonds is 15. The number of alkyl halides is 6. The van der Waals surface area contributed by atoms with Crippen LogP contribution in [0.25, 0.3) is 0 Å². The molecular formula is C33H43F6N5O6Si. The van der Waals surface area contributed by atoms with E-state index in [0.29, 0.717) is 6.08 Å². The summed E-state index contributed by atoms with van der Waals surface area (Å²) in [6.07, 6.45) is -10.6. The highest BCUT2D eigenvalue weighted by atomic mass is 28.4. The third kappa shape index (κ3) is 10.2. The largest absolute Gasteiger partial charge is 0.427 e. The van der Waals surface area contributed by atoms with E-state index < -0.39 is 95.5 Å². The molecule has 282 valence electrons. The molecule has 0 saturated carbocycles. The topological polar surface area (TPSA) is 150 Å². The van der Waals surface area contributed by atoms with E-state index in [1.54, 1.807) is 6.07 Å². The van der Waals surface area contributed by atoms with Crippen molar-refractivity contribution < 1.29 is 50.0 Å². The Balaban J connectivity index is 2.67. The first-order valence-corrected chi connectivity index (χ1v) is 18.4. The van der Waals surface area contributed by atoms with Gasteiger partial charge >= 0.3 is 23.9 Å². The Kier molecular flexibility index (Phi) is 13.2. The highest BCUT2D eigenvalue weighted by molar-refractivity contribution is 6.74. The maximum absolute atomic E-state index is 14.6. The molecule has 2 amide bonds. The van der Waals surface area contributed by atoms with Gasteiger partial charge in [0.15, 0.2) is 8.32 Å². The molecule has 0 fully saturated rings. The Morgan fingerprint density at radius 1 is 1.08 bits per heavy atom. The lowest BCUT2D eigenvalue weighted by Gasteiger charge is -2.40. The Morgan fingerprint density at radius 2 is 1.65 bits per heavy atom. The van der Waals surface area contributed by atoms with Gasteiger partial charge in [-0.15, -0.1) is 13.2 Å². The number of nitro groups is 1. The molecule has 0 aliphatic heterocycles. The number of halogens is 6. The van der Waals surface area contributed by atoms with Crippen molar-refractivity contribution in [1.29, 1.82) is 0 Å². The zero-order valence-electron chi connectivity index (χ0n) is 29.4. The number of hydrogen-bond acceptors (Lipinski definition) is 9. The lowest BCUT2D eigenvalue weighted by molar-refractivity contribution is -0.385. The molecule has 1 unspecified atom stereocenters. The molecule has 1 aromatic carbocycles. The van der Waals surface area contributed by atoms with Crippen LogP contribution < -0.4 is 11.2 Å². The number of carbonyl (C=O) groups excluding carboxylic acids is 2. The first-order valence-electron chi connectivity index (χ1n) is 15.5. The molecule has 2 atom stereocenters. The molecule has 0 bridgehead atoms. The first-order chi connectivity index (χ1) is 23.1. The summed E-state index contributed by atoms with van der Waals surface area (Å²) in [5.41, 5.74) is -9.65. The Hall–Kier alpha value is -4.13. The molecule has 11 nitrogen and oxygen atoms in total. The molecule has 1 heterocycles. The third-order valence-corrected chi connectivity index (χ3v) is 12.9. The summed E-state index contributed by atoms with van der Waals surface area (Å²) >= 11 is 0. The van der Waals surface area contributed by atoms with Crippen LogP contribution in [0.4, 0.5) is 37.8 Å². The molecule has 0 spiro atoms. The summed E-state index contributed by atoms with van der Waals surface area (Å²) in [4.78, 5) is 41.1. The number of hydrazine groups is 1. The molecular weight excluding hydrogens is 704 g/mol. The van der Waals surface area contributed by atoms with Crippen molar-refractivity contribution in [2.75, 3.05) is 5.32 Å². The minimum absolute atomic E-state index is 0.00182. The second-order valence-corrected chi connectivity index (χ2v) is 18.7. The number of carbonyl (C=O) groups is 2. The van der Waals surface area contributed by atoms with Crippen LogP contribution in [0, 0.1) is 10.1 Å². The van der Waals surface area contributed by atoms with E-state index in [4.69, 9.17) is 15.0 Å². The maximum Gasteiger partial charge on any atom is 0.427 e. The zero-order valence-corrected chi connectivity index (χ0v) is 30.4. The molecule has 3 N–H and O–H groups in total. The second-order valence-electron chi connectivity index (χ2n) is 13.9. The lowest BCUT2D eigenvalue weighted by Crippen LogP contribution is -2.62. The van der Waals surface area contributed by atoms with Gasteiger partial charge in [-0.25, -0.2) is 15.8 Å². The fourth-order valence-electron chi connectivity index (χ4n) is 4.63. The van der Waals surface area contributed by atoms with E-state index in [0.717, 1.165) is 0 Å². The van der Waals surface area contributed by atoms with Gasteiger partial charge in [0.25, 0.3) is 5.91 Å². The summed E-state index contributed by atoms with van der Waals surface area (Å²) in [5, 5.41) is 13.6. The number of aromatic nitrogens is 1. The summed E-state index contributed by atoms with van der Waals surface area (Å²) in [7, 11) is -2.41. The number of ether oxygens (including phenoxy) is 1. The molecule has 51 heavy (non-hydrogen) atoms. The van der Waals surface area contributed by atoms with Gasteiger partial charge < -0.3 is 14.5 Å². The van der Waals surface area contributed by atoms with Gasteiger partial charge in [0.05, 0.1) is 17.6 Å². The van der Waals surface area contributed by atoms with Crippen molar-refractivity contribution in [1.82, 2.24) is 9.99 Å². The standard InChI is InChI=1S/C33H43F6N5O6Si/c1-10-17-31(33(37,38)39,49-20-21-15-13-12-14-16-21)28(46)43(40)27(45)25-24(44(47)48)18-23(32(34,35)36)26(41-25)42-30(6,7)19-22(11-2)50-51(8,9)29(3,4)5/h10-16,18,22H,1-2,17,19-20,40H2,3-9H3,(H,41,42)/t22?,31-/m1/s1. The number of benzene rings is 1. The van der Waals surface area contributed by atoms with Gasteiger partial charge in [0.1, 0.15) is 11.4 Å². The average Bonchev–Trinajstić information content (AvgIpc) is 2.99. The lowest BCUT2D eigenvalue weighted by atomic mass is 9.96. The monoisotopic (exact) mass is 747 g/mol. The molecule has 0 radical (unpaired) electrons. The number of nitrogens with one attached hydrogen (secondary N) is 1. The van der Waals surface area contributed by atoms with Crippen molar-refractivity contribution in [3.05, 3.63) is 88.6 Å². The number of nitrogens with two attached hydrogens (primary N) is 1. The van der Waals surface area contributed by atoms with Crippen LogP contribution in [0.5, 0.6) is 0 Å². The predicted octanol–water partition coefficient (Wildman–Crippen LogP) is 8.10. The summed E-state index contributed by atoms with van der Waals surface area (Å²) < 4.78 is 98.2. The normalized spacial score (nSPS) is 14.6. The van der Waals surface area contributed by atoms with Crippen molar-refractivity contribution >= 4 is 31.6 Å². The highest BCUT2D eigenvalue weighted by Crippen LogP contribution is 2.42. The zero-order chi connectivity index (χ0) is 39.4. The Bertz CT molecular complexity index is 1610. The number of nitrogens with zero attached hydrogens (tertiary/aromatic N) is 3. The van der Waals surface area contributed by atoms with E-state index in [1.807, 2.05) is 33.9 Å². The van der Waals surface area contributed by atoms with Gasteiger partial charge in [-0.2, -0.15) is 26.3 Å². The van der Waals surface area contributed by atoms with E-state index in [2.05, 4.69) is 23.5 Å². The van der Waals surface area contributed by atoms with Crippen molar-refractivity contribution in [3.63, 3.8) is 0 Å². The minimum Gasteiger partial charge on any atom is -0.410 e. The number of imide groups is 1. The summed E-state index contributed by atoms with van der Waals surface area (Å²) in [5.74, 6) is 0.291. The van der Waals surface area contributed by atoms with Crippen LogP contribution in [-0.2, 0) is 26.7 Å². The second kappa shape index (κ2) is 15.6. The van der Waals surface area contributed by atoms with Crippen molar-refractivity contribution in [2.24, 2.45) is 5.84 Å². The molecule has 1 aromatic heterocycles. The first kappa shape index (κ1) is 43.0. The van der Waals surface area contributed by atoms with Gasteiger partial charge in [-0.05, 0) is 44.0 Å². The minimum atomic E-state index is -5.53. The van der Waals surface area contributed by atoms with Crippen molar-refractivity contribution in [2.45, 2.75) is 102 Å². The van der Waals surface area contributed by atoms with E-state index >= 15 is 0 Å². The van der Waals surface area contributed by atoms with Gasteiger partial charge in [0.2, 0.25) is 11.3 Å². The molecule has 18 heteroatoms. The van der Waals surface area contributed by atoms with Crippen LogP contribution in [0.3, 0.4) is 0 Å². The van der Waals surface area contributed by atoms with Crippen LogP contribution >= 0.6 is 0 Å². The van der Waals surface area contributed by atoms with Gasteiger partial charge in [0, 0.05) is 18.0 Å². The Morgan fingerprint density at radius 3 is 2.10 bits per heavy atom. The molecule has 0 aliphatic carbocycles. The van der Waals surface area contributed by atoms with Crippen LogP contribution in [0.1, 0.15) is 69.1 Å². The van der Waals surface area contributed by atoms with Crippen LogP contribution in [-0.4, -0.2) is 58.5 Å². The van der Waals surface area contributed by atoms with Gasteiger partial charge in [-0.3, -0.25) is 19.7 Å². The average molecular weight is 748 g/mol. The van der Waals surface area contributed by atoms with Crippen molar-refractivity contribution in [3.8, 4) is 0 Å². The summed E-state index contributed by atoms with van der Waals surface area (Å²) in [6, 6.07) is 7.33. The van der Waals surface area contributed by atoms with E-state index in [9.17, 15) is 46.0 Å². The van der Waals surface area contributed by atoms with Crippen LogP contribution in [0.15, 0.2) is 61.7 Å². The number of anilines is 1. The SMILES string of the molecule is C=CC[C@@](OCc1ccccc1)(C(=O)N(N)C(=O)c1nc(NC(C)(C)CC(C=C)O[Si](C)(C)C(C)(C)C)c(C(F)(F)F)cc1[N+](=O)[O-])C(F)(F)F. The predicted molar refractivity (Wildman–Crippen MR) is 181 cm³/mol. The smallest absolute Gasteiger partial charge is 0.410 e. The molecule has 0 aliphatic rings. The number of hydrogen-bond donors (Lipinski definition) is 2. The van der Waals surface area contributed by atoms with Crippen LogP contribution in [0.2, 0.25) is 18.1 Å². The molecule has 2 aromatic rings. The van der Waals surface area contributed by atoms with E-state index in [-0.39, 0.29) is 23.1 Å². The fraction of sp³-hybridized carbons (Fsp3) is 0.485. The summed E-state index contributed by atoms with van der Waals surface area (Å²) in [6.45, 7) is 19.0. The van der Waals surface area contributed by atoms with Gasteiger partial charge in [-0.1, -0.05) is 63.3 Å². The third-order valence-electron chi connectivity index (χ3n) is 8.39. The maximum atomic E-state index is 14.6. The van der Waals surface area contributed by atoms with E-state index in [1.165, 1.54) is 44.2 Å². The quantitative estimate of drug-likeness (QED) is 0.0351. The molecule has 0 saturated heterocycles.